The molecule has 172 valence electrons. The predicted molar refractivity (Wildman–Crippen MR) is 131 cm³/mol. The van der Waals surface area contributed by atoms with E-state index in [1.165, 1.54) is 0 Å². The Kier molecular flexibility index (Phi) is 6.42. The molecule has 4 rings (SSSR count). The highest BCUT2D eigenvalue weighted by atomic mass is 35.5. The van der Waals surface area contributed by atoms with E-state index in [1.54, 1.807) is 31.9 Å². The number of hydrogen-bond donors (Lipinski definition) is 1. The molecule has 8 heteroatoms. The van der Waals surface area contributed by atoms with Gasteiger partial charge in [0.2, 0.25) is 0 Å². The third kappa shape index (κ3) is 5.54. The number of carbonyl (C=O) groups is 2. The molecule has 0 atom stereocenters. The van der Waals surface area contributed by atoms with Gasteiger partial charge in [0.15, 0.2) is 0 Å². The number of anilines is 2. The number of nitrogens with zero attached hydrogens (tertiary/aromatic N) is 3. The molecule has 0 saturated carbocycles. The number of piperazine rings is 1. The zero-order valence-corrected chi connectivity index (χ0v) is 19.7. The van der Waals surface area contributed by atoms with Crippen molar-refractivity contribution in [3.8, 4) is 0 Å². The summed E-state index contributed by atoms with van der Waals surface area (Å²) in [6.07, 6.45) is 1.03. The molecule has 0 unspecified atom stereocenters. The van der Waals surface area contributed by atoms with Crippen molar-refractivity contribution in [2.24, 2.45) is 0 Å². The number of ether oxygens (including phenoxy) is 1. The molecule has 2 amide bonds. The van der Waals surface area contributed by atoms with Gasteiger partial charge in [0.25, 0.3) is 5.91 Å². The smallest absolute Gasteiger partial charge is 0.412 e. The van der Waals surface area contributed by atoms with Crippen LogP contribution < -0.4 is 10.2 Å². The predicted octanol–water partition coefficient (Wildman–Crippen LogP) is 5.20. The molecule has 7 nitrogen and oxygen atoms in total. The maximum atomic E-state index is 13.5. The lowest BCUT2D eigenvalue weighted by atomic mass is 10.0. The highest BCUT2D eigenvalue weighted by Crippen LogP contribution is 2.27. The van der Waals surface area contributed by atoms with Gasteiger partial charge in [-0.3, -0.25) is 10.1 Å². The summed E-state index contributed by atoms with van der Waals surface area (Å²) in [5, 5.41) is 5.23. The molecule has 1 saturated heterocycles. The average molecular weight is 467 g/mol. The van der Waals surface area contributed by atoms with Crippen molar-refractivity contribution in [2.45, 2.75) is 26.4 Å². The van der Waals surface area contributed by atoms with Gasteiger partial charge in [-0.25, -0.2) is 9.78 Å². The Morgan fingerprint density at radius 1 is 1.00 bits per heavy atom. The molecular formula is C25H27ClN4O3. The minimum Gasteiger partial charge on any atom is -0.444 e. The van der Waals surface area contributed by atoms with Crippen LogP contribution in [0.3, 0.4) is 0 Å². The number of halogens is 1. The van der Waals surface area contributed by atoms with Gasteiger partial charge in [0.05, 0.1) is 16.3 Å². The zero-order chi connectivity index (χ0) is 23.6. The van der Waals surface area contributed by atoms with E-state index in [4.69, 9.17) is 16.3 Å². The first-order chi connectivity index (χ1) is 15.7. The van der Waals surface area contributed by atoms with Gasteiger partial charge in [0, 0.05) is 32.4 Å². The first-order valence-electron chi connectivity index (χ1n) is 10.9. The van der Waals surface area contributed by atoms with Crippen LogP contribution in [0.1, 0.15) is 31.1 Å². The monoisotopic (exact) mass is 466 g/mol. The van der Waals surface area contributed by atoms with Crippen LogP contribution in [-0.4, -0.2) is 53.7 Å². The van der Waals surface area contributed by atoms with E-state index in [0.29, 0.717) is 42.5 Å². The topological polar surface area (TPSA) is 74.8 Å². The Hall–Kier alpha value is -3.32. The van der Waals surface area contributed by atoms with Gasteiger partial charge in [0.1, 0.15) is 11.4 Å². The molecule has 2 heterocycles. The Morgan fingerprint density at radius 2 is 1.67 bits per heavy atom. The standard InChI is InChI=1S/C25H27ClN4O3/c1-25(2,3)33-24(32)28-21-15-18-7-5-4-6-17(18)14-20(21)23(31)30-12-10-29(11-13-30)22-9-8-19(26)16-27-22/h4-9,14-16H,10-13H2,1-3H3,(H,28,32). The molecule has 3 aromatic rings. The first kappa shape index (κ1) is 22.9. The van der Waals surface area contributed by atoms with Crippen molar-refractivity contribution < 1.29 is 14.3 Å². The summed E-state index contributed by atoms with van der Waals surface area (Å²) in [5.41, 5.74) is 0.240. The van der Waals surface area contributed by atoms with Gasteiger partial charge >= 0.3 is 6.09 Å². The third-order valence-corrected chi connectivity index (χ3v) is 5.58. The lowest BCUT2D eigenvalue weighted by Gasteiger charge is -2.35. The number of amides is 2. The fraction of sp³-hybridized carbons (Fsp3) is 0.320. The fourth-order valence-electron chi connectivity index (χ4n) is 3.80. The lowest BCUT2D eigenvalue weighted by Crippen LogP contribution is -2.49. The molecule has 0 spiro atoms. The highest BCUT2D eigenvalue weighted by molar-refractivity contribution is 6.30. The van der Waals surface area contributed by atoms with Gasteiger partial charge in [-0.2, -0.15) is 0 Å². The lowest BCUT2D eigenvalue weighted by molar-refractivity contribution is 0.0636. The van der Waals surface area contributed by atoms with Crippen molar-refractivity contribution in [1.82, 2.24) is 9.88 Å². The van der Waals surface area contributed by atoms with Crippen LogP contribution in [0.15, 0.2) is 54.7 Å². The molecule has 0 radical (unpaired) electrons. The molecule has 33 heavy (non-hydrogen) atoms. The third-order valence-electron chi connectivity index (χ3n) is 5.35. The zero-order valence-electron chi connectivity index (χ0n) is 19.0. The van der Waals surface area contributed by atoms with E-state index in [9.17, 15) is 9.59 Å². The number of pyridine rings is 1. The quantitative estimate of drug-likeness (QED) is 0.574. The fourth-order valence-corrected chi connectivity index (χ4v) is 3.91. The summed E-state index contributed by atoms with van der Waals surface area (Å²) in [6.45, 7) is 7.80. The van der Waals surface area contributed by atoms with E-state index in [1.807, 2.05) is 48.5 Å². The van der Waals surface area contributed by atoms with Crippen LogP contribution in [0.5, 0.6) is 0 Å². The van der Waals surface area contributed by atoms with Gasteiger partial charge < -0.3 is 14.5 Å². The molecule has 2 aromatic carbocycles. The maximum Gasteiger partial charge on any atom is 0.412 e. The number of nitrogens with one attached hydrogen (secondary N) is 1. The summed E-state index contributed by atoms with van der Waals surface area (Å²) < 4.78 is 5.41. The maximum absolute atomic E-state index is 13.5. The van der Waals surface area contributed by atoms with Crippen LogP contribution >= 0.6 is 11.6 Å². The average Bonchev–Trinajstić information content (AvgIpc) is 2.77. The van der Waals surface area contributed by atoms with Crippen molar-refractivity contribution >= 4 is 45.9 Å². The molecule has 0 aliphatic carbocycles. The molecule has 1 fully saturated rings. The molecule has 1 aromatic heterocycles. The Morgan fingerprint density at radius 3 is 2.27 bits per heavy atom. The number of rotatable bonds is 3. The van der Waals surface area contributed by atoms with Crippen molar-refractivity contribution in [1.29, 1.82) is 0 Å². The van der Waals surface area contributed by atoms with Crippen LogP contribution in [0.25, 0.3) is 10.8 Å². The molecule has 1 N–H and O–H groups in total. The number of benzene rings is 2. The molecule has 0 bridgehead atoms. The van der Waals surface area contributed by atoms with Gasteiger partial charge in [-0.1, -0.05) is 35.9 Å². The molecular weight excluding hydrogens is 440 g/mol. The van der Waals surface area contributed by atoms with Gasteiger partial charge in [-0.05, 0) is 55.8 Å². The summed E-state index contributed by atoms with van der Waals surface area (Å²) in [4.78, 5) is 34.3. The van der Waals surface area contributed by atoms with Crippen LogP contribution in [-0.2, 0) is 4.74 Å². The van der Waals surface area contributed by atoms with E-state index in [0.717, 1.165) is 16.6 Å². The van der Waals surface area contributed by atoms with E-state index < -0.39 is 11.7 Å². The minimum absolute atomic E-state index is 0.129. The number of aromatic nitrogens is 1. The molecule has 1 aliphatic heterocycles. The van der Waals surface area contributed by atoms with Crippen LogP contribution in [0.4, 0.5) is 16.3 Å². The van der Waals surface area contributed by atoms with Gasteiger partial charge in [-0.15, -0.1) is 0 Å². The first-order valence-corrected chi connectivity index (χ1v) is 11.3. The Balaban J connectivity index is 1.55. The summed E-state index contributed by atoms with van der Waals surface area (Å²) in [6, 6.07) is 15.1. The highest BCUT2D eigenvalue weighted by Gasteiger charge is 2.26. The summed E-state index contributed by atoms with van der Waals surface area (Å²) in [7, 11) is 0. The Bertz CT molecular complexity index is 1170. The number of hydrogen-bond acceptors (Lipinski definition) is 5. The number of carbonyl (C=O) groups excluding carboxylic acids is 2. The second-order valence-corrected chi connectivity index (χ2v) is 9.42. The van der Waals surface area contributed by atoms with Crippen LogP contribution in [0, 0.1) is 0 Å². The Labute approximate surface area is 198 Å². The van der Waals surface area contributed by atoms with Crippen molar-refractivity contribution in [2.75, 3.05) is 36.4 Å². The summed E-state index contributed by atoms with van der Waals surface area (Å²) >= 11 is 5.94. The second kappa shape index (κ2) is 9.27. The normalized spacial score (nSPS) is 14.3. The number of fused-ring (bicyclic) bond motifs is 1. The summed E-state index contributed by atoms with van der Waals surface area (Å²) in [5.74, 6) is 0.708. The molecule has 1 aliphatic rings. The van der Waals surface area contributed by atoms with E-state index >= 15 is 0 Å². The van der Waals surface area contributed by atoms with E-state index in [2.05, 4.69) is 15.2 Å². The SMILES string of the molecule is CC(C)(C)OC(=O)Nc1cc2ccccc2cc1C(=O)N1CCN(c2ccc(Cl)cn2)CC1. The largest absolute Gasteiger partial charge is 0.444 e. The van der Waals surface area contributed by atoms with E-state index in [-0.39, 0.29) is 5.91 Å². The minimum atomic E-state index is -0.642. The van der Waals surface area contributed by atoms with Crippen molar-refractivity contribution in [3.05, 3.63) is 65.3 Å². The van der Waals surface area contributed by atoms with Crippen molar-refractivity contribution in [3.63, 3.8) is 0 Å². The second-order valence-electron chi connectivity index (χ2n) is 8.99. The van der Waals surface area contributed by atoms with Crippen LogP contribution in [0.2, 0.25) is 5.02 Å².